The Hall–Kier alpha value is -2.52. The van der Waals surface area contributed by atoms with Gasteiger partial charge in [-0.1, -0.05) is 54.6 Å². The van der Waals surface area contributed by atoms with Crippen LogP contribution in [0.15, 0.2) is 48.5 Å². The topological polar surface area (TPSA) is 38.7 Å². The van der Waals surface area contributed by atoms with Gasteiger partial charge in [0, 0.05) is 11.1 Å². The molecule has 0 bridgehead atoms. The van der Waals surface area contributed by atoms with Crippen LogP contribution in [0, 0.1) is 0 Å². The van der Waals surface area contributed by atoms with Crippen LogP contribution in [0.5, 0.6) is 0 Å². The first kappa shape index (κ1) is 14.1. The molecule has 1 heterocycles. The van der Waals surface area contributed by atoms with Crippen LogP contribution in [0.1, 0.15) is 12.8 Å². The number of rotatable bonds is 2. The lowest BCUT2D eigenvalue weighted by Gasteiger charge is -2.06. The third kappa shape index (κ3) is 2.88. The summed E-state index contributed by atoms with van der Waals surface area (Å²) in [5.74, 6) is 1.19. The molecule has 0 saturated heterocycles. The summed E-state index contributed by atoms with van der Waals surface area (Å²) in [5, 5.41) is 2.71. The predicted molar refractivity (Wildman–Crippen MR) is 93.1 cm³/mol. The van der Waals surface area contributed by atoms with Crippen molar-refractivity contribution in [2.75, 3.05) is 0 Å². The summed E-state index contributed by atoms with van der Waals surface area (Å²) in [6.07, 6.45) is 6.68. The fourth-order valence-electron chi connectivity index (χ4n) is 2.75. The second-order valence-electron chi connectivity index (χ2n) is 5.45. The van der Waals surface area contributed by atoms with Crippen molar-refractivity contribution in [1.82, 2.24) is 15.0 Å². The molecule has 23 heavy (non-hydrogen) atoms. The highest BCUT2D eigenvalue weighted by atomic mass is 35.5. The van der Waals surface area contributed by atoms with E-state index in [9.17, 15) is 0 Å². The summed E-state index contributed by atoms with van der Waals surface area (Å²) in [4.78, 5) is 13.1. The van der Waals surface area contributed by atoms with E-state index < -0.39 is 0 Å². The molecule has 0 unspecified atom stereocenters. The van der Waals surface area contributed by atoms with Gasteiger partial charge in [-0.25, -0.2) is 4.98 Å². The summed E-state index contributed by atoms with van der Waals surface area (Å²) in [6.45, 7) is 0. The fraction of sp³-hybridized carbons (Fsp3) is 0.105. The highest BCUT2D eigenvalue weighted by molar-refractivity contribution is 6.28. The van der Waals surface area contributed by atoms with E-state index in [1.54, 1.807) is 0 Å². The zero-order valence-electron chi connectivity index (χ0n) is 12.4. The standard InChI is InChI=1S/C19H14ClN3/c20-19-22-17(14-7-2-1-3-8-14)21-18(23-19)16-11-10-13-6-4-5-9-15(13)12-16/h1-3,6-12H,4-5H2. The van der Waals surface area contributed by atoms with Crippen molar-refractivity contribution in [1.29, 1.82) is 0 Å². The maximum Gasteiger partial charge on any atom is 0.226 e. The van der Waals surface area contributed by atoms with Crippen LogP contribution in [0.25, 0.3) is 34.9 Å². The number of hydrogen-bond donors (Lipinski definition) is 0. The average Bonchev–Trinajstić information content (AvgIpc) is 2.61. The van der Waals surface area contributed by atoms with Crippen LogP contribution < -0.4 is 10.4 Å². The average molecular weight is 320 g/mol. The van der Waals surface area contributed by atoms with Gasteiger partial charge in [-0.15, -0.1) is 0 Å². The van der Waals surface area contributed by atoms with Crippen LogP contribution in [-0.4, -0.2) is 15.0 Å². The minimum Gasteiger partial charge on any atom is -0.208 e. The molecule has 2 aromatic carbocycles. The van der Waals surface area contributed by atoms with E-state index in [1.807, 2.05) is 36.4 Å². The van der Waals surface area contributed by atoms with Gasteiger partial charge >= 0.3 is 0 Å². The molecule has 0 N–H and O–H groups in total. The van der Waals surface area contributed by atoms with Gasteiger partial charge in [-0.3, -0.25) is 0 Å². The van der Waals surface area contributed by atoms with Gasteiger partial charge in [0.05, 0.1) is 0 Å². The molecule has 0 saturated carbocycles. The summed E-state index contributed by atoms with van der Waals surface area (Å²) in [6, 6.07) is 16.1. The molecule has 1 aromatic heterocycles. The monoisotopic (exact) mass is 319 g/mol. The van der Waals surface area contributed by atoms with Gasteiger partial charge in [0.1, 0.15) is 0 Å². The molecular formula is C19H14ClN3. The Labute approximate surface area is 139 Å². The Balaban J connectivity index is 1.86. The molecule has 0 fully saturated rings. The summed E-state index contributed by atoms with van der Waals surface area (Å²) >= 11 is 6.12. The summed E-state index contributed by atoms with van der Waals surface area (Å²) in [7, 11) is 0. The molecule has 0 radical (unpaired) electrons. The van der Waals surface area contributed by atoms with E-state index in [1.165, 1.54) is 10.4 Å². The second kappa shape index (κ2) is 5.94. The van der Waals surface area contributed by atoms with E-state index in [4.69, 9.17) is 11.6 Å². The highest BCUT2D eigenvalue weighted by Gasteiger charge is 2.09. The molecule has 112 valence electrons. The minimum atomic E-state index is 0.210. The smallest absolute Gasteiger partial charge is 0.208 e. The van der Waals surface area contributed by atoms with Gasteiger partial charge in [0.2, 0.25) is 5.28 Å². The zero-order valence-corrected chi connectivity index (χ0v) is 13.2. The molecule has 0 atom stereocenters. The van der Waals surface area contributed by atoms with Gasteiger partial charge in [0.25, 0.3) is 0 Å². The number of nitrogens with zero attached hydrogens (tertiary/aromatic N) is 3. The third-order valence-electron chi connectivity index (χ3n) is 3.88. The number of fused-ring (bicyclic) bond motifs is 1. The van der Waals surface area contributed by atoms with Crippen LogP contribution in [-0.2, 0) is 0 Å². The van der Waals surface area contributed by atoms with Crippen LogP contribution in [0.3, 0.4) is 0 Å². The normalized spacial score (nSPS) is 12.9. The molecule has 0 amide bonds. The van der Waals surface area contributed by atoms with Crippen LogP contribution in [0.4, 0.5) is 0 Å². The van der Waals surface area contributed by atoms with Crippen molar-refractivity contribution in [2.24, 2.45) is 0 Å². The number of hydrogen-bond acceptors (Lipinski definition) is 3. The molecule has 3 nitrogen and oxygen atoms in total. The van der Waals surface area contributed by atoms with E-state index in [-0.39, 0.29) is 5.28 Å². The Morgan fingerprint density at radius 3 is 2.17 bits per heavy atom. The van der Waals surface area contributed by atoms with Crippen molar-refractivity contribution in [3.8, 4) is 22.8 Å². The first-order valence-corrected chi connectivity index (χ1v) is 7.95. The van der Waals surface area contributed by atoms with E-state index >= 15 is 0 Å². The minimum absolute atomic E-state index is 0.210. The maximum atomic E-state index is 6.12. The van der Waals surface area contributed by atoms with Crippen molar-refractivity contribution in [2.45, 2.75) is 12.8 Å². The van der Waals surface area contributed by atoms with E-state index in [0.717, 1.165) is 24.0 Å². The number of aromatic nitrogens is 3. The predicted octanol–water partition coefficient (Wildman–Crippen LogP) is 3.21. The van der Waals surface area contributed by atoms with Gasteiger partial charge in [0.15, 0.2) is 11.6 Å². The van der Waals surface area contributed by atoms with E-state index in [2.05, 4.69) is 39.2 Å². The quantitative estimate of drug-likeness (QED) is 0.728. The van der Waals surface area contributed by atoms with Gasteiger partial charge in [-0.05, 0) is 40.9 Å². The van der Waals surface area contributed by atoms with Gasteiger partial charge in [-0.2, -0.15) is 9.97 Å². The zero-order chi connectivity index (χ0) is 15.6. The van der Waals surface area contributed by atoms with E-state index in [0.29, 0.717) is 11.6 Å². The molecule has 4 heteroatoms. The van der Waals surface area contributed by atoms with Crippen molar-refractivity contribution in [3.05, 3.63) is 64.3 Å². The fourth-order valence-corrected chi connectivity index (χ4v) is 2.91. The van der Waals surface area contributed by atoms with Crippen LogP contribution >= 0.6 is 11.6 Å². The summed E-state index contributed by atoms with van der Waals surface area (Å²) < 4.78 is 0. The first-order valence-electron chi connectivity index (χ1n) is 7.57. The third-order valence-corrected chi connectivity index (χ3v) is 4.05. The molecule has 0 spiro atoms. The highest BCUT2D eigenvalue weighted by Crippen LogP contribution is 2.20. The largest absolute Gasteiger partial charge is 0.226 e. The van der Waals surface area contributed by atoms with Gasteiger partial charge < -0.3 is 0 Å². The van der Waals surface area contributed by atoms with Crippen LogP contribution in [0.2, 0.25) is 5.28 Å². The van der Waals surface area contributed by atoms with Crippen molar-refractivity contribution < 1.29 is 0 Å². The SMILES string of the molecule is Clc1nc(-c2ccccc2)nc(-c2ccc3c(c2)=CCCC=3)n1. The number of halogens is 1. The Bertz CT molecular complexity index is 981. The lowest BCUT2D eigenvalue weighted by atomic mass is 10.0. The summed E-state index contributed by atoms with van der Waals surface area (Å²) in [5.41, 5.74) is 1.88. The first-order chi connectivity index (χ1) is 11.3. The lowest BCUT2D eigenvalue weighted by molar-refractivity contribution is 1.06. The van der Waals surface area contributed by atoms with Crippen molar-refractivity contribution >= 4 is 23.8 Å². The maximum absolute atomic E-state index is 6.12. The second-order valence-corrected chi connectivity index (χ2v) is 5.79. The van der Waals surface area contributed by atoms with Crippen molar-refractivity contribution in [3.63, 3.8) is 0 Å². The molecular weight excluding hydrogens is 306 g/mol. The number of benzene rings is 2. The molecule has 1 aliphatic carbocycles. The molecule has 1 aliphatic rings. The Morgan fingerprint density at radius 1 is 0.696 bits per heavy atom. The Morgan fingerprint density at radius 2 is 1.39 bits per heavy atom. The molecule has 3 aromatic rings. The molecule has 0 aliphatic heterocycles. The lowest BCUT2D eigenvalue weighted by Crippen LogP contribution is -2.26. The Kier molecular flexibility index (Phi) is 3.64. The molecule has 4 rings (SSSR count).